The highest BCUT2D eigenvalue weighted by Gasteiger charge is 2.33. The van der Waals surface area contributed by atoms with Crippen LogP contribution in [-0.2, 0) is 0 Å². The number of hydrogen-bond acceptors (Lipinski definition) is 0. The summed E-state index contributed by atoms with van der Waals surface area (Å²) in [4.78, 5) is 0. The number of hydrogen-bond donors (Lipinski definition) is 0. The van der Waals surface area contributed by atoms with Crippen LogP contribution in [0.5, 0.6) is 0 Å². The lowest BCUT2D eigenvalue weighted by atomic mass is 10.1. The molecule has 1 rings (SSSR count). The van der Waals surface area contributed by atoms with Crippen LogP contribution in [0.15, 0.2) is 0 Å². The lowest BCUT2D eigenvalue weighted by Gasteiger charge is -1.95. The van der Waals surface area contributed by atoms with Gasteiger partial charge in [0.25, 0.3) is 0 Å². The van der Waals surface area contributed by atoms with Crippen LogP contribution in [0.25, 0.3) is 0 Å². The molecule has 0 aromatic rings. The molecule has 0 aromatic carbocycles. The highest BCUT2D eigenvalue weighted by molar-refractivity contribution is 4.84. The first-order valence-corrected chi connectivity index (χ1v) is 4.88. The zero-order valence-corrected chi connectivity index (χ0v) is 7.40. The van der Waals surface area contributed by atoms with E-state index in [-0.39, 0.29) is 0 Å². The average molecular weight is 140 g/mol. The molecule has 0 bridgehead atoms. The van der Waals surface area contributed by atoms with Crippen molar-refractivity contribution < 1.29 is 0 Å². The molecule has 0 heteroatoms. The molecular weight excluding hydrogens is 120 g/mol. The lowest BCUT2D eigenvalue weighted by molar-refractivity contribution is 0.575. The van der Waals surface area contributed by atoms with Gasteiger partial charge in [0.15, 0.2) is 0 Å². The first-order chi connectivity index (χ1) is 4.88. The summed E-state index contributed by atoms with van der Waals surface area (Å²) in [6.45, 7) is 4.61. The Hall–Kier alpha value is 0. The van der Waals surface area contributed by atoms with Crippen LogP contribution in [0, 0.1) is 11.8 Å². The number of unbranched alkanes of at least 4 members (excludes halogenated alkanes) is 2. The van der Waals surface area contributed by atoms with E-state index in [1.54, 1.807) is 6.42 Å². The van der Waals surface area contributed by atoms with Crippen molar-refractivity contribution in [2.45, 2.75) is 52.4 Å². The quantitative estimate of drug-likeness (QED) is 0.512. The topological polar surface area (TPSA) is 0 Å². The van der Waals surface area contributed by atoms with Gasteiger partial charge in [-0.2, -0.15) is 0 Å². The third kappa shape index (κ3) is 2.32. The van der Waals surface area contributed by atoms with Crippen LogP contribution in [0.2, 0.25) is 0 Å². The fraction of sp³-hybridized carbons (Fsp3) is 1.00. The molecule has 0 nitrogen and oxygen atoms in total. The molecule has 1 aliphatic rings. The summed E-state index contributed by atoms with van der Waals surface area (Å²) in [6.07, 6.45) is 8.80. The molecule has 60 valence electrons. The Morgan fingerprint density at radius 3 is 2.40 bits per heavy atom. The molecule has 1 unspecified atom stereocenters. The van der Waals surface area contributed by atoms with Gasteiger partial charge in [0.05, 0.1) is 0 Å². The SMILES string of the molecule is CCCCCC1C[C@@H]1CC. The third-order valence-electron chi connectivity index (χ3n) is 2.77. The highest BCUT2D eigenvalue weighted by Crippen LogP contribution is 2.44. The Morgan fingerprint density at radius 1 is 1.10 bits per heavy atom. The molecule has 1 fully saturated rings. The predicted molar refractivity (Wildman–Crippen MR) is 46.0 cm³/mol. The van der Waals surface area contributed by atoms with Crippen LogP contribution < -0.4 is 0 Å². The van der Waals surface area contributed by atoms with Crippen molar-refractivity contribution >= 4 is 0 Å². The van der Waals surface area contributed by atoms with E-state index < -0.39 is 0 Å². The zero-order valence-electron chi connectivity index (χ0n) is 7.40. The van der Waals surface area contributed by atoms with Gasteiger partial charge in [-0.1, -0.05) is 46.0 Å². The first kappa shape index (κ1) is 8.10. The lowest BCUT2D eigenvalue weighted by Crippen LogP contribution is -1.81. The molecule has 0 spiro atoms. The van der Waals surface area contributed by atoms with Gasteiger partial charge in [0.2, 0.25) is 0 Å². The molecule has 1 aliphatic carbocycles. The van der Waals surface area contributed by atoms with Crippen LogP contribution in [-0.4, -0.2) is 0 Å². The summed E-state index contributed by atoms with van der Waals surface area (Å²) in [7, 11) is 0. The molecular formula is C10H20. The Bertz CT molecular complexity index is 86.0. The predicted octanol–water partition coefficient (Wildman–Crippen LogP) is 3.61. The normalized spacial score (nSPS) is 30.6. The van der Waals surface area contributed by atoms with E-state index in [1.165, 1.54) is 32.1 Å². The number of rotatable bonds is 5. The summed E-state index contributed by atoms with van der Waals surface area (Å²) >= 11 is 0. The standard InChI is InChI=1S/C10H20/c1-3-5-6-7-10-8-9(10)4-2/h9-10H,3-8H2,1-2H3/t9-,10?/m0/s1. The minimum atomic E-state index is 1.12. The zero-order chi connectivity index (χ0) is 7.40. The van der Waals surface area contributed by atoms with E-state index in [4.69, 9.17) is 0 Å². The van der Waals surface area contributed by atoms with Crippen molar-refractivity contribution in [3.8, 4) is 0 Å². The molecule has 0 aliphatic heterocycles. The van der Waals surface area contributed by atoms with Crippen molar-refractivity contribution in [2.24, 2.45) is 11.8 Å². The van der Waals surface area contributed by atoms with Gasteiger partial charge < -0.3 is 0 Å². The second-order valence-electron chi connectivity index (χ2n) is 3.66. The summed E-state index contributed by atoms with van der Waals surface area (Å²) in [5.41, 5.74) is 0. The monoisotopic (exact) mass is 140 g/mol. The first-order valence-electron chi connectivity index (χ1n) is 4.88. The van der Waals surface area contributed by atoms with E-state index in [9.17, 15) is 0 Å². The molecule has 0 heterocycles. The minimum Gasteiger partial charge on any atom is -0.0654 e. The molecule has 0 N–H and O–H groups in total. The minimum absolute atomic E-state index is 1.12. The largest absolute Gasteiger partial charge is 0.0654 e. The van der Waals surface area contributed by atoms with Gasteiger partial charge in [-0.05, 0) is 18.3 Å². The fourth-order valence-electron chi connectivity index (χ4n) is 1.82. The fourth-order valence-corrected chi connectivity index (χ4v) is 1.82. The highest BCUT2D eigenvalue weighted by atomic mass is 14.4. The molecule has 0 saturated heterocycles. The van der Waals surface area contributed by atoms with Gasteiger partial charge in [-0.15, -0.1) is 0 Å². The van der Waals surface area contributed by atoms with Crippen molar-refractivity contribution in [2.75, 3.05) is 0 Å². The van der Waals surface area contributed by atoms with E-state index in [0.717, 1.165) is 11.8 Å². The molecule has 0 radical (unpaired) electrons. The summed E-state index contributed by atoms with van der Waals surface area (Å²) < 4.78 is 0. The van der Waals surface area contributed by atoms with Gasteiger partial charge in [-0.25, -0.2) is 0 Å². The summed E-state index contributed by atoms with van der Waals surface area (Å²) in [5.74, 6) is 2.26. The maximum Gasteiger partial charge on any atom is -0.0383 e. The maximum atomic E-state index is 2.32. The second kappa shape index (κ2) is 4.00. The van der Waals surface area contributed by atoms with Crippen molar-refractivity contribution in [3.05, 3.63) is 0 Å². The Labute approximate surface area is 65.0 Å². The van der Waals surface area contributed by atoms with Gasteiger partial charge in [-0.3, -0.25) is 0 Å². The van der Waals surface area contributed by atoms with Crippen LogP contribution in [0.1, 0.15) is 52.4 Å². The summed E-state index contributed by atoms with van der Waals surface area (Å²) in [6, 6.07) is 0. The van der Waals surface area contributed by atoms with E-state index >= 15 is 0 Å². The van der Waals surface area contributed by atoms with Crippen molar-refractivity contribution in [1.29, 1.82) is 0 Å². The van der Waals surface area contributed by atoms with Crippen LogP contribution in [0.3, 0.4) is 0 Å². The third-order valence-corrected chi connectivity index (χ3v) is 2.77. The second-order valence-corrected chi connectivity index (χ2v) is 3.66. The molecule has 0 aromatic heterocycles. The summed E-state index contributed by atoms with van der Waals surface area (Å²) in [5, 5.41) is 0. The molecule has 1 saturated carbocycles. The van der Waals surface area contributed by atoms with Crippen LogP contribution in [0.4, 0.5) is 0 Å². The average Bonchev–Trinajstić information content (AvgIpc) is 2.68. The Balaban J connectivity index is 1.87. The Kier molecular flexibility index (Phi) is 3.24. The van der Waals surface area contributed by atoms with Gasteiger partial charge in [0.1, 0.15) is 0 Å². The molecule has 2 atom stereocenters. The van der Waals surface area contributed by atoms with E-state index in [1.807, 2.05) is 0 Å². The maximum absolute atomic E-state index is 2.32. The van der Waals surface area contributed by atoms with Crippen LogP contribution >= 0.6 is 0 Å². The van der Waals surface area contributed by atoms with E-state index in [0.29, 0.717) is 0 Å². The Morgan fingerprint density at radius 2 is 1.90 bits per heavy atom. The van der Waals surface area contributed by atoms with Crippen molar-refractivity contribution in [1.82, 2.24) is 0 Å². The molecule has 0 amide bonds. The van der Waals surface area contributed by atoms with Gasteiger partial charge in [0, 0.05) is 0 Å². The van der Waals surface area contributed by atoms with Gasteiger partial charge >= 0.3 is 0 Å². The van der Waals surface area contributed by atoms with Crippen molar-refractivity contribution in [3.63, 3.8) is 0 Å². The smallest absolute Gasteiger partial charge is 0.0383 e. The molecule has 10 heavy (non-hydrogen) atoms. The van der Waals surface area contributed by atoms with E-state index in [2.05, 4.69) is 13.8 Å².